The van der Waals surface area contributed by atoms with Crippen LogP contribution in [0.2, 0.25) is 0 Å². The fourth-order valence-electron chi connectivity index (χ4n) is 3.49. The molecule has 0 bridgehead atoms. The molecule has 7 nitrogen and oxygen atoms in total. The van der Waals surface area contributed by atoms with E-state index in [2.05, 4.69) is 27.4 Å². The lowest BCUT2D eigenvalue weighted by atomic mass is 9.93. The van der Waals surface area contributed by atoms with Crippen molar-refractivity contribution in [1.29, 1.82) is 0 Å². The molecule has 0 spiro atoms. The Morgan fingerprint density at radius 3 is 2.58 bits per heavy atom. The van der Waals surface area contributed by atoms with Crippen LogP contribution >= 0.6 is 0 Å². The molecule has 8 heteroatoms. The van der Waals surface area contributed by atoms with Gasteiger partial charge in [0.25, 0.3) is 0 Å². The molecular formula is C23H30FN5O2. The Hall–Kier alpha value is -3.16. The van der Waals surface area contributed by atoms with E-state index in [-0.39, 0.29) is 11.7 Å². The minimum Gasteiger partial charge on any atom is -0.439 e. The average Bonchev–Trinajstić information content (AvgIpc) is 2.79. The molecular weight excluding hydrogens is 397 g/mol. The fourth-order valence-corrected chi connectivity index (χ4v) is 3.49. The molecule has 1 aromatic heterocycles. The molecule has 1 saturated heterocycles. The summed E-state index contributed by atoms with van der Waals surface area (Å²) in [5.74, 6) is 2.10. The highest BCUT2D eigenvalue weighted by Crippen LogP contribution is 2.21. The van der Waals surface area contributed by atoms with Crippen LogP contribution in [0.4, 0.5) is 4.39 Å². The number of aliphatic imine (C=N–C) groups is 1. The molecule has 2 aromatic rings. The number of ether oxygens (including phenoxy) is 1. The number of amides is 1. The van der Waals surface area contributed by atoms with Crippen molar-refractivity contribution in [3.63, 3.8) is 0 Å². The number of rotatable bonds is 7. The Labute approximate surface area is 182 Å². The molecule has 1 aliphatic rings. The minimum atomic E-state index is -0.305. The van der Waals surface area contributed by atoms with E-state index in [1.54, 1.807) is 31.4 Å². The van der Waals surface area contributed by atoms with Crippen molar-refractivity contribution in [3.05, 3.63) is 54.0 Å². The number of pyridine rings is 1. The van der Waals surface area contributed by atoms with Crippen LogP contribution in [-0.4, -0.2) is 48.4 Å². The lowest BCUT2D eigenvalue weighted by Crippen LogP contribution is -2.46. The molecule has 2 heterocycles. The molecule has 0 unspecified atom stereocenters. The maximum Gasteiger partial charge on any atom is 0.220 e. The zero-order chi connectivity index (χ0) is 22.1. The monoisotopic (exact) mass is 427 g/mol. The third-order valence-corrected chi connectivity index (χ3v) is 5.25. The number of likely N-dealkylation sites (tertiary alicyclic amines) is 1. The van der Waals surface area contributed by atoms with Gasteiger partial charge in [-0.2, -0.15) is 0 Å². The van der Waals surface area contributed by atoms with Gasteiger partial charge in [0.2, 0.25) is 11.8 Å². The Morgan fingerprint density at radius 1 is 1.23 bits per heavy atom. The summed E-state index contributed by atoms with van der Waals surface area (Å²) in [5.41, 5.74) is 0.969. The van der Waals surface area contributed by atoms with E-state index >= 15 is 0 Å². The Bertz CT molecular complexity index is 863. The van der Waals surface area contributed by atoms with Crippen LogP contribution in [0.5, 0.6) is 11.6 Å². The number of guanidine groups is 1. The summed E-state index contributed by atoms with van der Waals surface area (Å²) >= 11 is 0. The van der Waals surface area contributed by atoms with Gasteiger partial charge in [0, 0.05) is 45.4 Å². The van der Waals surface area contributed by atoms with Gasteiger partial charge in [-0.3, -0.25) is 4.79 Å². The second kappa shape index (κ2) is 11.3. The van der Waals surface area contributed by atoms with Gasteiger partial charge >= 0.3 is 0 Å². The topological polar surface area (TPSA) is 78.9 Å². The molecule has 2 N–H and O–H groups in total. The summed E-state index contributed by atoms with van der Waals surface area (Å²) in [5, 5.41) is 6.06. The van der Waals surface area contributed by atoms with E-state index in [1.165, 1.54) is 12.1 Å². The third-order valence-electron chi connectivity index (χ3n) is 5.25. The van der Waals surface area contributed by atoms with Gasteiger partial charge in [0.1, 0.15) is 11.6 Å². The molecule has 31 heavy (non-hydrogen) atoms. The number of hydrogen-bond acceptors (Lipinski definition) is 4. The van der Waals surface area contributed by atoms with Gasteiger partial charge in [-0.25, -0.2) is 14.4 Å². The number of carbonyl (C=O) groups is 1. The molecule has 0 radical (unpaired) electrons. The largest absolute Gasteiger partial charge is 0.439 e. The summed E-state index contributed by atoms with van der Waals surface area (Å²) in [6.45, 7) is 5.12. The van der Waals surface area contributed by atoms with Crippen molar-refractivity contribution in [3.8, 4) is 11.6 Å². The van der Waals surface area contributed by atoms with E-state index in [9.17, 15) is 9.18 Å². The minimum absolute atomic E-state index is 0.110. The molecule has 0 aliphatic carbocycles. The van der Waals surface area contributed by atoms with Crippen LogP contribution in [0.1, 0.15) is 31.7 Å². The van der Waals surface area contributed by atoms with Crippen molar-refractivity contribution in [2.75, 3.05) is 26.7 Å². The van der Waals surface area contributed by atoms with Gasteiger partial charge in [-0.1, -0.05) is 6.07 Å². The molecule has 1 aliphatic heterocycles. The number of benzene rings is 1. The Kier molecular flexibility index (Phi) is 8.20. The van der Waals surface area contributed by atoms with Crippen LogP contribution in [0.3, 0.4) is 0 Å². The summed E-state index contributed by atoms with van der Waals surface area (Å²) in [7, 11) is 1.68. The van der Waals surface area contributed by atoms with E-state index in [0.717, 1.165) is 44.0 Å². The van der Waals surface area contributed by atoms with E-state index in [4.69, 9.17) is 9.73 Å². The number of hydrogen-bond donors (Lipinski definition) is 2. The first-order chi connectivity index (χ1) is 15.1. The van der Waals surface area contributed by atoms with Gasteiger partial charge < -0.3 is 20.3 Å². The lowest BCUT2D eigenvalue weighted by Gasteiger charge is -2.34. The van der Waals surface area contributed by atoms with Crippen LogP contribution < -0.4 is 15.4 Å². The summed E-state index contributed by atoms with van der Waals surface area (Å²) in [6, 6.07) is 9.54. The zero-order valence-electron chi connectivity index (χ0n) is 18.1. The van der Waals surface area contributed by atoms with Crippen LogP contribution in [-0.2, 0) is 11.3 Å². The molecule has 166 valence electrons. The third kappa shape index (κ3) is 6.94. The number of piperidine rings is 1. The first-order valence-electron chi connectivity index (χ1n) is 10.7. The number of nitrogens with zero attached hydrogens (tertiary/aromatic N) is 3. The van der Waals surface area contributed by atoms with Gasteiger partial charge in [-0.05, 0) is 55.5 Å². The van der Waals surface area contributed by atoms with Crippen molar-refractivity contribution in [2.45, 2.75) is 32.7 Å². The predicted octanol–water partition coefficient (Wildman–Crippen LogP) is 3.33. The molecule has 1 fully saturated rings. The first kappa shape index (κ1) is 22.5. The zero-order valence-corrected chi connectivity index (χ0v) is 18.1. The summed E-state index contributed by atoms with van der Waals surface area (Å²) in [4.78, 5) is 22.9. The highest BCUT2D eigenvalue weighted by Gasteiger charge is 2.23. The van der Waals surface area contributed by atoms with Crippen LogP contribution in [0, 0.1) is 11.7 Å². The smallest absolute Gasteiger partial charge is 0.220 e. The second-order valence-corrected chi connectivity index (χ2v) is 7.54. The SMILES string of the molecule is CCNC(=NCc1ccc(Oc2ccc(F)cc2)nc1)N1CCC(CC(=O)NC)CC1. The number of nitrogens with one attached hydrogen (secondary N) is 2. The van der Waals surface area contributed by atoms with Crippen molar-refractivity contribution >= 4 is 11.9 Å². The van der Waals surface area contributed by atoms with E-state index < -0.39 is 0 Å². The maximum absolute atomic E-state index is 13.0. The van der Waals surface area contributed by atoms with Crippen LogP contribution in [0.25, 0.3) is 0 Å². The molecule has 3 rings (SSSR count). The highest BCUT2D eigenvalue weighted by atomic mass is 19.1. The van der Waals surface area contributed by atoms with Crippen molar-refractivity contribution in [1.82, 2.24) is 20.5 Å². The van der Waals surface area contributed by atoms with Gasteiger partial charge in [-0.15, -0.1) is 0 Å². The fraction of sp³-hybridized carbons (Fsp3) is 0.435. The molecule has 0 atom stereocenters. The standard InChI is InChI=1S/C23H30FN5O2/c1-3-26-23(29-12-10-17(11-13-29)14-21(30)25-2)28-16-18-4-9-22(27-15-18)31-20-7-5-19(24)6-8-20/h4-9,15,17H,3,10-14,16H2,1-2H3,(H,25,30)(H,26,28). The van der Waals surface area contributed by atoms with Gasteiger partial charge in [0.15, 0.2) is 5.96 Å². The van der Waals surface area contributed by atoms with Crippen molar-refractivity contribution < 1.29 is 13.9 Å². The quantitative estimate of drug-likeness (QED) is 0.524. The lowest BCUT2D eigenvalue weighted by molar-refractivity contribution is -0.121. The second-order valence-electron chi connectivity index (χ2n) is 7.54. The number of aromatic nitrogens is 1. The Balaban J connectivity index is 1.55. The van der Waals surface area contributed by atoms with Crippen LogP contribution in [0.15, 0.2) is 47.6 Å². The summed E-state index contributed by atoms with van der Waals surface area (Å²) < 4.78 is 18.6. The number of carbonyl (C=O) groups excluding carboxylic acids is 1. The van der Waals surface area contributed by atoms with E-state index in [1.807, 2.05) is 6.07 Å². The molecule has 1 amide bonds. The molecule has 1 aromatic carbocycles. The van der Waals surface area contributed by atoms with E-state index in [0.29, 0.717) is 30.5 Å². The first-order valence-corrected chi connectivity index (χ1v) is 10.7. The van der Waals surface area contributed by atoms with Gasteiger partial charge in [0.05, 0.1) is 6.54 Å². The molecule has 0 saturated carbocycles. The Morgan fingerprint density at radius 2 is 1.97 bits per heavy atom. The van der Waals surface area contributed by atoms with Crippen molar-refractivity contribution in [2.24, 2.45) is 10.9 Å². The number of halogens is 1. The average molecular weight is 428 g/mol. The highest BCUT2D eigenvalue weighted by molar-refractivity contribution is 5.80. The normalized spacial score (nSPS) is 14.9. The summed E-state index contributed by atoms with van der Waals surface area (Å²) in [6.07, 6.45) is 4.29. The maximum atomic E-state index is 13.0. The predicted molar refractivity (Wildman–Crippen MR) is 119 cm³/mol.